The predicted molar refractivity (Wildman–Crippen MR) is 111 cm³/mol. The summed E-state index contributed by atoms with van der Waals surface area (Å²) in [6.07, 6.45) is 4.46. The molecule has 0 saturated heterocycles. The monoisotopic (exact) mass is 353 g/mol. The molecule has 132 valence electrons. The summed E-state index contributed by atoms with van der Waals surface area (Å²) in [6, 6.07) is 15.5. The number of nitrogens with zero attached hydrogens (tertiary/aromatic N) is 2. The van der Waals surface area contributed by atoms with Gasteiger partial charge in [-0.05, 0) is 30.2 Å². The maximum atomic E-state index is 2.46. The van der Waals surface area contributed by atoms with Crippen molar-refractivity contribution in [3.05, 3.63) is 53.6 Å². The number of rotatable bonds is 5. The maximum Gasteiger partial charge on any atom is 0.244 e. The number of anilines is 1. The fourth-order valence-electron chi connectivity index (χ4n) is 3.56. The zero-order chi connectivity index (χ0) is 18.0. The second-order valence-electron chi connectivity index (χ2n) is 7.27. The third-order valence-corrected chi connectivity index (χ3v) is 5.67. The largest absolute Gasteiger partial charge is 0.244 e. The molecule has 1 aliphatic heterocycles. The number of hydrogen-bond acceptors (Lipinski definition) is 2. The van der Waals surface area contributed by atoms with Gasteiger partial charge in [0.05, 0.1) is 4.90 Å². The molecule has 0 radical (unpaired) electrons. The molecule has 0 spiro atoms. The zero-order valence-electron chi connectivity index (χ0n) is 16.0. The second-order valence-corrected chi connectivity index (χ2v) is 8.12. The number of para-hydroxylation sites is 2. The van der Waals surface area contributed by atoms with Crippen molar-refractivity contribution < 1.29 is 4.58 Å². The van der Waals surface area contributed by atoms with Gasteiger partial charge in [-0.2, -0.15) is 0 Å². The van der Waals surface area contributed by atoms with Crippen molar-refractivity contribution in [2.45, 2.75) is 44.4 Å². The van der Waals surface area contributed by atoms with Gasteiger partial charge in [0.1, 0.15) is 24.5 Å². The Morgan fingerprint density at radius 3 is 2.16 bits per heavy atom. The number of thioether (sulfide) groups is 1. The van der Waals surface area contributed by atoms with Crippen molar-refractivity contribution in [3.8, 4) is 0 Å². The van der Waals surface area contributed by atoms with Crippen LogP contribution in [-0.4, -0.2) is 30.3 Å². The molecule has 1 heterocycles. The molecule has 0 atom stereocenters. The lowest BCUT2D eigenvalue weighted by atomic mass is 9.92. The van der Waals surface area contributed by atoms with E-state index in [0.717, 1.165) is 13.1 Å². The maximum absolute atomic E-state index is 2.46. The minimum absolute atomic E-state index is 0.523. The third-order valence-electron chi connectivity index (χ3n) is 4.88. The van der Waals surface area contributed by atoms with E-state index in [4.69, 9.17) is 0 Å². The van der Waals surface area contributed by atoms with Crippen LogP contribution in [-0.2, 0) is 0 Å². The van der Waals surface area contributed by atoms with E-state index in [9.17, 15) is 0 Å². The molecule has 0 saturated carbocycles. The Labute approximate surface area is 156 Å². The van der Waals surface area contributed by atoms with Gasteiger partial charge in [0.25, 0.3) is 0 Å². The van der Waals surface area contributed by atoms with Crippen LogP contribution in [0.4, 0.5) is 11.4 Å². The van der Waals surface area contributed by atoms with E-state index in [1.807, 2.05) is 11.8 Å². The van der Waals surface area contributed by atoms with Crippen molar-refractivity contribution in [1.82, 2.24) is 0 Å². The topological polar surface area (TPSA) is 6.25 Å². The first-order chi connectivity index (χ1) is 12.0. The lowest BCUT2D eigenvalue weighted by molar-refractivity contribution is -0.425. The molecule has 3 rings (SSSR count). The molecule has 3 heteroatoms. The molecule has 2 aromatic rings. The van der Waals surface area contributed by atoms with Crippen LogP contribution in [0.3, 0.4) is 0 Å². The van der Waals surface area contributed by atoms with E-state index in [0.29, 0.717) is 11.8 Å². The first-order valence-electron chi connectivity index (χ1n) is 9.17. The van der Waals surface area contributed by atoms with Crippen molar-refractivity contribution in [3.63, 3.8) is 0 Å². The van der Waals surface area contributed by atoms with Crippen molar-refractivity contribution in [1.29, 1.82) is 0 Å². The molecule has 0 unspecified atom stereocenters. The molecule has 0 fully saturated rings. The Hall–Kier alpha value is -1.74. The SMILES string of the molecule is CSc1ccccc1N1C=[N+](c2c(C(C)C)cccc2C(C)C)CC1. The molecule has 0 aliphatic carbocycles. The average Bonchev–Trinajstić information content (AvgIpc) is 3.10. The van der Waals surface area contributed by atoms with Crippen molar-refractivity contribution in [2.24, 2.45) is 0 Å². The van der Waals surface area contributed by atoms with Gasteiger partial charge in [0, 0.05) is 11.1 Å². The van der Waals surface area contributed by atoms with Crippen LogP contribution in [0.1, 0.15) is 50.7 Å². The lowest BCUT2D eigenvalue weighted by Gasteiger charge is -2.17. The van der Waals surface area contributed by atoms with Gasteiger partial charge in [-0.15, -0.1) is 11.8 Å². The molecule has 25 heavy (non-hydrogen) atoms. The molecule has 2 aromatic carbocycles. The van der Waals surface area contributed by atoms with Gasteiger partial charge in [0.2, 0.25) is 6.34 Å². The highest BCUT2D eigenvalue weighted by molar-refractivity contribution is 7.98. The van der Waals surface area contributed by atoms with Gasteiger partial charge < -0.3 is 0 Å². The van der Waals surface area contributed by atoms with E-state index in [-0.39, 0.29) is 0 Å². The van der Waals surface area contributed by atoms with E-state index in [2.05, 4.69) is 92.2 Å². The molecular formula is C22H29N2S+. The van der Waals surface area contributed by atoms with Gasteiger partial charge >= 0.3 is 0 Å². The molecule has 2 nitrogen and oxygen atoms in total. The minimum atomic E-state index is 0.523. The van der Waals surface area contributed by atoms with Crippen LogP contribution in [0, 0.1) is 0 Å². The quantitative estimate of drug-likeness (QED) is 0.491. The normalized spacial score (nSPS) is 14.5. The molecule has 1 aliphatic rings. The molecule has 0 bridgehead atoms. The van der Waals surface area contributed by atoms with Gasteiger partial charge in [-0.1, -0.05) is 58.0 Å². The molecular weight excluding hydrogens is 324 g/mol. The number of benzene rings is 2. The summed E-state index contributed by atoms with van der Waals surface area (Å²) in [5.74, 6) is 1.05. The fourth-order valence-corrected chi connectivity index (χ4v) is 4.17. The summed E-state index contributed by atoms with van der Waals surface area (Å²) >= 11 is 1.82. The summed E-state index contributed by atoms with van der Waals surface area (Å²) in [6.45, 7) is 11.2. The van der Waals surface area contributed by atoms with E-state index in [1.54, 1.807) is 0 Å². The van der Waals surface area contributed by atoms with Crippen LogP contribution in [0.5, 0.6) is 0 Å². The lowest BCUT2D eigenvalue weighted by Crippen LogP contribution is -2.18. The van der Waals surface area contributed by atoms with Gasteiger partial charge in [0.15, 0.2) is 0 Å². The predicted octanol–water partition coefficient (Wildman–Crippen LogP) is 5.85. The first kappa shape index (κ1) is 18.1. The van der Waals surface area contributed by atoms with Crippen LogP contribution >= 0.6 is 11.8 Å². The highest BCUT2D eigenvalue weighted by Gasteiger charge is 2.28. The van der Waals surface area contributed by atoms with E-state index in [1.165, 1.54) is 27.4 Å². The Morgan fingerprint density at radius 1 is 0.920 bits per heavy atom. The minimum Gasteiger partial charge on any atom is -0.229 e. The molecule has 0 aromatic heterocycles. The molecule has 0 N–H and O–H groups in total. The summed E-state index contributed by atoms with van der Waals surface area (Å²) in [5.41, 5.74) is 5.62. The summed E-state index contributed by atoms with van der Waals surface area (Å²) in [7, 11) is 0. The number of hydrogen-bond donors (Lipinski definition) is 0. The Kier molecular flexibility index (Phi) is 5.53. The van der Waals surface area contributed by atoms with Gasteiger partial charge in [-0.3, -0.25) is 0 Å². The summed E-state index contributed by atoms with van der Waals surface area (Å²) < 4.78 is 2.46. The zero-order valence-corrected chi connectivity index (χ0v) is 16.8. The molecule has 0 amide bonds. The smallest absolute Gasteiger partial charge is 0.229 e. The van der Waals surface area contributed by atoms with Crippen molar-refractivity contribution in [2.75, 3.05) is 24.2 Å². The Bertz CT molecular complexity index is 751. The van der Waals surface area contributed by atoms with Crippen LogP contribution in [0.15, 0.2) is 47.4 Å². The van der Waals surface area contributed by atoms with Crippen LogP contribution in [0.2, 0.25) is 0 Å². The highest BCUT2D eigenvalue weighted by atomic mass is 32.2. The van der Waals surface area contributed by atoms with Crippen LogP contribution in [0.25, 0.3) is 0 Å². The standard InChI is InChI=1S/C22H29N2S/c1-16(2)18-9-8-10-19(17(3)4)22(18)24-14-13-23(15-24)20-11-6-7-12-21(20)25-5/h6-12,15-17H,13-14H2,1-5H3/q+1. The summed E-state index contributed by atoms with van der Waals surface area (Å²) in [5, 5.41) is 0. The van der Waals surface area contributed by atoms with Crippen LogP contribution < -0.4 is 4.90 Å². The first-order valence-corrected chi connectivity index (χ1v) is 10.4. The van der Waals surface area contributed by atoms with Crippen molar-refractivity contribution >= 4 is 29.5 Å². The van der Waals surface area contributed by atoms with Gasteiger partial charge in [-0.25, -0.2) is 9.48 Å². The summed E-state index contributed by atoms with van der Waals surface area (Å²) in [4.78, 5) is 3.73. The van der Waals surface area contributed by atoms with E-state index < -0.39 is 0 Å². The Balaban J connectivity index is 2.06. The average molecular weight is 354 g/mol. The fraction of sp³-hybridized carbons (Fsp3) is 0.409. The highest BCUT2D eigenvalue weighted by Crippen LogP contribution is 2.36. The third kappa shape index (κ3) is 3.62. The van der Waals surface area contributed by atoms with E-state index >= 15 is 0 Å². The second kappa shape index (κ2) is 7.65. The Morgan fingerprint density at radius 2 is 1.56 bits per heavy atom.